The predicted octanol–water partition coefficient (Wildman–Crippen LogP) is 5.31. The lowest BCUT2D eigenvalue weighted by atomic mass is 9.97. The lowest BCUT2D eigenvalue weighted by molar-refractivity contribution is -0.138. The molecule has 2 amide bonds. The molecule has 2 aromatic heterocycles. The van der Waals surface area contributed by atoms with Gasteiger partial charge in [-0.2, -0.15) is 18.3 Å². The molecule has 37 heavy (non-hydrogen) atoms. The minimum atomic E-state index is -4.51. The van der Waals surface area contributed by atoms with Crippen molar-refractivity contribution in [3.63, 3.8) is 0 Å². The van der Waals surface area contributed by atoms with Gasteiger partial charge >= 0.3 is 12.2 Å². The van der Waals surface area contributed by atoms with Gasteiger partial charge in [0.1, 0.15) is 5.69 Å². The number of nitrogens with zero attached hydrogens (tertiary/aromatic N) is 5. The molecule has 0 bridgehead atoms. The molecule has 2 aliphatic heterocycles. The van der Waals surface area contributed by atoms with Crippen molar-refractivity contribution >= 4 is 17.4 Å². The van der Waals surface area contributed by atoms with E-state index >= 15 is 0 Å². The number of aromatic amines is 1. The molecule has 1 aromatic carbocycles. The fraction of sp³-hybridized carbons (Fsp3) is 0.423. The Kier molecular flexibility index (Phi) is 6.47. The quantitative estimate of drug-likeness (QED) is 0.499. The van der Waals surface area contributed by atoms with E-state index in [0.717, 1.165) is 23.0 Å². The highest BCUT2D eigenvalue weighted by Gasteiger charge is 2.42. The highest BCUT2D eigenvalue weighted by molar-refractivity contribution is 5.95. The van der Waals surface area contributed by atoms with Crippen molar-refractivity contribution in [3.05, 3.63) is 65.1 Å². The number of amides is 2. The number of piperidine rings is 1. The van der Waals surface area contributed by atoms with Gasteiger partial charge in [0, 0.05) is 25.3 Å². The van der Waals surface area contributed by atoms with E-state index in [4.69, 9.17) is 4.74 Å². The lowest BCUT2D eigenvalue weighted by Crippen LogP contribution is -2.55. The Morgan fingerprint density at radius 3 is 2.59 bits per heavy atom. The number of hydrogen-bond donors (Lipinski definition) is 1. The van der Waals surface area contributed by atoms with E-state index in [-0.39, 0.29) is 30.2 Å². The largest absolute Gasteiger partial charge is 0.480 e. The van der Waals surface area contributed by atoms with Gasteiger partial charge in [0.25, 0.3) is 0 Å². The maximum Gasteiger partial charge on any atom is 0.416 e. The van der Waals surface area contributed by atoms with Gasteiger partial charge < -0.3 is 14.5 Å². The van der Waals surface area contributed by atoms with Gasteiger partial charge in [-0.1, -0.05) is 18.2 Å². The Labute approximate surface area is 213 Å². The molecule has 1 fully saturated rings. The number of rotatable bonds is 5. The number of urea groups is 1. The fourth-order valence-electron chi connectivity index (χ4n) is 5.52. The fourth-order valence-corrected chi connectivity index (χ4v) is 5.52. The summed E-state index contributed by atoms with van der Waals surface area (Å²) in [6, 6.07) is 6.63. The smallest absolute Gasteiger partial charge is 0.416 e. The lowest BCUT2D eigenvalue weighted by Gasteiger charge is -2.46. The zero-order chi connectivity index (χ0) is 26.3. The van der Waals surface area contributed by atoms with E-state index in [9.17, 15) is 18.0 Å². The first kappa shape index (κ1) is 24.9. The number of ether oxygens (including phenoxy) is 1. The number of nitrogens with one attached hydrogen (secondary N) is 1. The van der Waals surface area contributed by atoms with Gasteiger partial charge in [-0.05, 0) is 49.9 Å². The first-order valence-electron chi connectivity index (χ1n) is 12.2. The van der Waals surface area contributed by atoms with Crippen molar-refractivity contribution in [2.45, 2.75) is 51.5 Å². The second-order valence-corrected chi connectivity index (χ2v) is 9.48. The summed E-state index contributed by atoms with van der Waals surface area (Å²) in [7, 11) is 1.60. The standard InChI is InChI=1S/C26H29F3N6O2/c1-16-8-11-30-24(37-3)23(16)33-12-9-19(10-13-33)35-17(2)22-21(14-31-32-22)34(25(35)36)15-18-6-4-5-7-20(18)26(27,28)29/h4-8,11,14,17,19H,9-10,12-13,15H2,1-3H3,(H,31,32)/t17-/m1/s1. The molecule has 0 spiro atoms. The zero-order valence-electron chi connectivity index (χ0n) is 20.9. The highest BCUT2D eigenvalue weighted by Crippen LogP contribution is 2.41. The number of hydrogen-bond acceptors (Lipinski definition) is 5. The van der Waals surface area contributed by atoms with Crippen LogP contribution >= 0.6 is 0 Å². The first-order chi connectivity index (χ1) is 17.7. The van der Waals surface area contributed by atoms with Gasteiger partial charge in [-0.15, -0.1) is 0 Å². The van der Waals surface area contributed by atoms with E-state index < -0.39 is 11.7 Å². The van der Waals surface area contributed by atoms with Crippen molar-refractivity contribution in [2.75, 3.05) is 30.0 Å². The minimum absolute atomic E-state index is 0.0407. The highest BCUT2D eigenvalue weighted by atomic mass is 19.4. The molecule has 11 heteroatoms. The summed E-state index contributed by atoms with van der Waals surface area (Å²) < 4.78 is 46.5. The van der Waals surface area contributed by atoms with Crippen LogP contribution in [0.15, 0.2) is 42.7 Å². The summed E-state index contributed by atoms with van der Waals surface area (Å²) in [5.41, 5.74) is 2.54. The number of methoxy groups -OCH3 is 1. The van der Waals surface area contributed by atoms with Crippen LogP contribution < -0.4 is 14.5 Å². The molecule has 8 nitrogen and oxygen atoms in total. The summed E-state index contributed by atoms with van der Waals surface area (Å²) >= 11 is 0. The first-order valence-corrected chi connectivity index (χ1v) is 12.2. The van der Waals surface area contributed by atoms with E-state index in [1.807, 2.05) is 19.9 Å². The number of halogens is 3. The second kappa shape index (κ2) is 9.60. The van der Waals surface area contributed by atoms with Crippen molar-refractivity contribution < 1.29 is 22.7 Å². The van der Waals surface area contributed by atoms with E-state index in [1.54, 1.807) is 24.3 Å². The average molecular weight is 515 g/mol. The third kappa shape index (κ3) is 4.47. The number of carbonyl (C=O) groups excluding carboxylic acids is 1. The average Bonchev–Trinajstić information content (AvgIpc) is 3.37. The van der Waals surface area contributed by atoms with Crippen LogP contribution in [0.25, 0.3) is 0 Å². The van der Waals surface area contributed by atoms with E-state index in [0.29, 0.717) is 37.5 Å². The van der Waals surface area contributed by atoms with Gasteiger partial charge in [-0.3, -0.25) is 10.00 Å². The molecule has 1 atom stereocenters. The van der Waals surface area contributed by atoms with Crippen molar-refractivity contribution in [2.24, 2.45) is 0 Å². The Balaban J connectivity index is 1.40. The van der Waals surface area contributed by atoms with Crippen LogP contribution in [0, 0.1) is 6.92 Å². The van der Waals surface area contributed by atoms with Gasteiger partial charge in [0.05, 0.1) is 42.8 Å². The third-order valence-corrected chi connectivity index (χ3v) is 7.34. The molecule has 196 valence electrons. The number of pyridine rings is 1. The SMILES string of the molecule is COc1nccc(C)c1N1CCC(N2C(=O)N(Cc3ccccc3C(F)(F)F)c3cn[nH]c3[C@H]2C)CC1. The molecule has 4 heterocycles. The molecule has 0 radical (unpaired) electrons. The van der Waals surface area contributed by atoms with Crippen molar-refractivity contribution in [1.29, 1.82) is 0 Å². The number of carbonyl (C=O) groups is 1. The Morgan fingerprint density at radius 1 is 1.16 bits per heavy atom. The Hall–Kier alpha value is -3.76. The van der Waals surface area contributed by atoms with Crippen molar-refractivity contribution in [1.82, 2.24) is 20.1 Å². The van der Waals surface area contributed by atoms with Crippen molar-refractivity contribution in [3.8, 4) is 5.88 Å². The van der Waals surface area contributed by atoms with Crippen LogP contribution in [0.4, 0.5) is 29.3 Å². The minimum Gasteiger partial charge on any atom is -0.480 e. The van der Waals surface area contributed by atoms with E-state index in [1.165, 1.54) is 23.2 Å². The van der Waals surface area contributed by atoms with Crippen LogP contribution in [0.2, 0.25) is 0 Å². The Morgan fingerprint density at radius 2 is 1.89 bits per heavy atom. The molecule has 3 aromatic rings. The van der Waals surface area contributed by atoms with Gasteiger partial charge in [0.2, 0.25) is 5.88 Å². The van der Waals surface area contributed by atoms with Crippen LogP contribution in [-0.4, -0.2) is 52.4 Å². The number of H-pyrrole nitrogens is 1. The summed E-state index contributed by atoms with van der Waals surface area (Å²) in [6.07, 6.45) is 0.108. The summed E-state index contributed by atoms with van der Waals surface area (Å²) in [6.45, 7) is 5.12. The van der Waals surface area contributed by atoms with Crippen LogP contribution in [0.3, 0.4) is 0 Å². The normalized spacial score (nSPS) is 18.8. The van der Waals surface area contributed by atoms with Gasteiger partial charge in [-0.25, -0.2) is 9.78 Å². The Bertz CT molecular complexity index is 1290. The molecule has 1 N–H and O–H groups in total. The zero-order valence-corrected chi connectivity index (χ0v) is 20.9. The molecule has 0 unspecified atom stereocenters. The molecule has 1 saturated heterocycles. The van der Waals surface area contributed by atoms with Crippen LogP contribution in [-0.2, 0) is 12.7 Å². The molecule has 5 rings (SSSR count). The van der Waals surface area contributed by atoms with Crippen LogP contribution in [0.5, 0.6) is 5.88 Å². The second-order valence-electron chi connectivity index (χ2n) is 9.48. The summed E-state index contributed by atoms with van der Waals surface area (Å²) in [5, 5.41) is 7.09. The third-order valence-electron chi connectivity index (χ3n) is 7.34. The molecule has 0 saturated carbocycles. The topological polar surface area (TPSA) is 77.6 Å². The maximum absolute atomic E-state index is 13.9. The predicted molar refractivity (Wildman–Crippen MR) is 133 cm³/mol. The number of benzene rings is 1. The molecular weight excluding hydrogens is 485 g/mol. The maximum atomic E-state index is 13.9. The van der Waals surface area contributed by atoms with Gasteiger partial charge in [0.15, 0.2) is 0 Å². The number of alkyl halides is 3. The number of fused-ring (bicyclic) bond motifs is 1. The summed E-state index contributed by atoms with van der Waals surface area (Å²) in [5.74, 6) is 0.567. The number of aromatic nitrogens is 3. The number of anilines is 2. The number of aryl methyl sites for hydroxylation is 1. The monoisotopic (exact) mass is 514 g/mol. The molecule has 0 aliphatic carbocycles. The van der Waals surface area contributed by atoms with Crippen LogP contribution in [0.1, 0.15) is 48.2 Å². The van der Waals surface area contributed by atoms with E-state index in [2.05, 4.69) is 20.1 Å². The molecular formula is C26H29F3N6O2. The summed E-state index contributed by atoms with van der Waals surface area (Å²) in [4.78, 5) is 23.6. The molecule has 2 aliphatic rings.